The van der Waals surface area contributed by atoms with E-state index in [1.54, 1.807) is 0 Å². The highest BCUT2D eigenvalue weighted by molar-refractivity contribution is 7.89. The van der Waals surface area contributed by atoms with Crippen molar-refractivity contribution >= 4 is 21.6 Å². The van der Waals surface area contributed by atoms with Crippen LogP contribution < -0.4 is 11.1 Å². The molecule has 0 aromatic heterocycles. The molecule has 0 saturated heterocycles. The van der Waals surface area contributed by atoms with Gasteiger partial charge in [0.05, 0.1) is 28.0 Å². The minimum Gasteiger partial charge on any atom is -0.390 e. The summed E-state index contributed by atoms with van der Waals surface area (Å²) in [5.41, 5.74) is 6.24. The molecule has 37 heavy (non-hydrogen) atoms. The highest BCUT2D eigenvalue weighted by Gasteiger charge is 2.34. The third-order valence-corrected chi connectivity index (χ3v) is 7.80. The molecule has 0 heterocycles. The van der Waals surface area contributed by atoms with Crippen LogP contribution in [0.4, 0.5) is 5.69 Å². The monoisotopic (exact) mass is 534 g/mol. The lowest BCUT2D eigenvalue weighted by Gasteiger charge is -2.33. The van der Waals surface area contributed by atoms with E-state index in [0.29, 0.717) is 0 Å². The van der Waals surface area contributed by atoms with Crippen molar-refractivity contribution in [2.24, 2.45) is 17.1 Å². The van der Waals surface area contributed by atoms with Crippen molar-refractivity contribution < 1.29 is 23.2 Å². The lowest BCUT2D eigenvalue weighted by molar-refractivity contribution is -0.384. The van der Waals surface area contributed by atoms with Crippen LogP contribution in [-0.2, 0) is 21.2 Å². The maximum Gasteiger partial charge on any atom is 0.269 e. The normalized spacial score (nSPS) is 14.8. The number of hydrogen-bond acceptors (Lipinski definition) is 7. The number of benzene rings is 2. The maximum absolute atomic E-state index is 13.5. The fourth-order valence-electron chi connectivity index (χ4n) is 3.72. The number of carbonyl (C=O) groups is 1. The zero-order valence-electron chi connectivity index (χ0n) is 22.0. The van der Waals surface area contributed by atoms with Crippen LogP contribution in [0, 0.1) is 21.4 Å². The Hall–Kier alpha value is -2.86. The minimum absolute atomic E-state index is 0.0727. The second-order valence-corrected chi connectivity index (χ2v) is 12.6. The Bertz CT molecular complexity index is 1150. The van der Waals surface area contributed by atoms with Gasteiger partial charge in [0, 0.05) is 25.2 Å². The van der Waals surface area contributed by atoms with Gasteiger partial charge in [-0.3, -0.25) is 14.9 Å². The number of rotatable bonds is 12. The van der Waals surface area contributed by atoms with Gasteiger partial charge in [0.25, 0.3) is 5.69 Å². The van der Waals surface area contributed by atoms with Gasteiger partial charge in [-0.05, 0) is 35.4 Å². The first-order chi connectivity index (χ1) is 17.1. The number of hydrogen-bond donors (Lipinski definition) is 3. The molecule has 0 aliphatic carbocycles. The van der Waals surface area contributed by atoms with Gasteiger partial charge in [-0.15, -0.1) is 0 Å². The first-order valence-electron chi connectivity index (χ1n) is 12.2. The summed E-state index contributed by atoms with van der Waals surface area (Å²) in [4.78, 5) is 23.2. The summed E-state index contributed by atoms with van der Waals surface area (Å²) < 4.78 is 28.1. The van der Waals surface area contributed by atoms with Crippen molar-refractivity contribution in [3.05, 3.63) is 70.3 Å². The van der Waals surface area contributed by atoms with Gasteiger partial charge in [0.15, 0.2) is 0 Å². The average molecular weight is 535 g/mol. The van der Waals surface area contributed by atoms with Crippen LogP contribution in [0.15, 0.2) is 59.5 Å². The summed E-state index contributed by atoms with van der Waals surface area (Å²) in [6.45, 7) is 9.00. The van der Waals surface area contributed by atoms with Crippen LogP contribution in [0.3, 0.4) is 0 Å². The molecule has 10 nitrogen and oxygen atoms in total. The third kappa shape index (κ3) is 8.60. The number of carbonyl (C=O) groups excluding carboxylic acids is 1. The standard InChI is InChI=1S/C26H38N4O6S/c1-18(2)16-29(37(35,36)21-13-11-20(12-14-21)30(33)34)17-23(31)22(15-19-9-7-6-8-10-19)28-25(32)24(27)26(3,4)5/h6-14,18,22-24,31H,15-17,27H2,1-5H3,(H,28,32)/t22-,23+,24+/m0/s1. The lowest BCUT2D eigenvalue weighted by atomic mass is 9.86. The number of nitrogens with zero attached hydrogens (tertiary/aromatic N) is 2. The van der Waals surface area contributed by atoms with E-state index in [1.165, 1.54) is 12.1 Å². The van der Waals surface area contributed by atoms with Crippen LogP contribution in [-0.4, -0.2) is 59.9 Å². The topological polar surface area (TPSA) is 156 Å². The number of non-ortho nitro benzene ring substituents is 1. The molecule has 0 fully saturated rings. The fourth-order valence-corrected chi connectivity index (χ4v) is 5.34. The van der Waals surface area contributed by atoms with Crippen molar-refractivity contribution in [3.63, 3.8) is 0 Å². The first kappa shape index (κ1) is 30.4. The summed E-state index contributed by atoms with van der Waals surface area (Å²) >= 11 is 0. The molecule has 0 unspecified atom stereocenters. The molecule has 0 spiro atoms. The molecule has 2 aromatic carbocycles. The number of nitro benzene ring substituents is 1. The summed E-state index contributed by atoms with van der Waals surface area (Å²) in [5, 5.41) is 25.1. The summed E-state index contributed by atoms with van der Waals surface area (Å²) in [6, 6.07) is 12.2. The van der Waals surface area contributed by atoms with Crippen LogP contribution in [0.5, 0.6) is 0 Å². The predicted molar refractivity (Wildman–Crippen MR) is 142 cm³/mol. The summed E-state index contributed by atoms with van der Waals surface area (Å²) in [7, 11) is -4.09. The molecule has 2 aromatic rings. The van der Waals surface area contributed by atoms with Crippen LogP contribution in [0.1, 0.15) is 40.2 Å². The molecule has 204 valence electrons. The largest absolute Gasteiger partial charge is 0.390 e. The molecule has 1 amide bonds. The quantitative estimate of drug-likeness (QED) is 0.279. The van der Waals surface area contributed by atoms with E-state index in [1.807, 2.05) is 65.0 Å². The van der Waals surface area contributed by atoms with E-state index in [0.717, 1.165) is 22.0 Å². The Morgan fingerprint density at radius 2 is 1.65 bits per heavy atom. The van der Waals surface area contributed by atoms with E-state index in [9.17, 15) is 28.4 Å². The number of aliphatic hydroxyl groups is 1. The van der Waals surface area contributed by atoms with Crippen molar-refractivity contribution in [3.8, 4) is 0 Å². The molecule has 0 radical (unpaired) electrons. The second-order valence-electron chi connectivity index (χ2n) is 10.7. The highest BCUT2D eigenvalue weighted by atomic mass is 32.2. The Morgan fingerprint density at radius 3 is 2.14 bits per heavy atom. The Kier molecular flexibility index (Phi) is 10.3. The fraction of sp³-hybridized carbons (Fsp3) is 0.500. The Labute approximate surface area is 219 Å². The van der Waals surface area contributed by atoms with Gasteiger partial charge in [0.2, 0.25) is 15.9 Å². The molecule has 11 heteroatoms. The molecule has 0 bridgehead atoms. The molecule has 3 atom stereocenters. The van der Waals surface area contributed by atoms with E-state index in [4.69, 9.17) is 5.73 Å². The zero-order valence-corrected chi connectivity index (χ0v) is 22.8. The smallest absolute Gasteiger partial charge is 0.269 e. The van der Waals surface area contributed by atoms with Crippen molar-refractivity contribution in [2.45, 2.75) is 64.1 Å². The molecule has 0 aliphatic heterocycles. The van der Waals surface area contributed by atoms with Crippen molar-refractivity contribution in [1.29, 1.82) is 0 Å². The Morgan fingerprint density at radius 1 is 1.08 bits per heavy atom. The Balaban J connectivity index is 2.36. The number of nitro groups is 1. The third-order valence-electron chi connectivity index (χ3n) is 5.95. The number of aliphatic hydroxyl groups excluding tert-OH is 1. The maximum atomic E-state index is 13.5. The number of amides is 1. The highest BCUT2D eigenvalue weighted by Crippen LogP contribution is 2.22. The molecule has 2 rings (SSSR count). The summed E-state index contributed by atoms with van der Waals surface area (Å²) in [5.74, 6) is -0.516. The van der Waals surface area contributed by atoms with Crippen LogP contribution >= 0.6 is 0 Å². The van der Waals surface area contributed by atoms with Gasteiger partial charge in [-0.1, -0.05) is 65.0 Å². The average Bonchev–Trinajstić information content (AvgIpc) is 2.82. The van der Waals surface area contributed by atoms with E-state index >= 15 is 0 Å². The molecule has 0 aliphatic rings. The number of sulfonamides is 1. The van der Waals surface area contributed by atoms with Gasteiger partial charge >= 0.3 is 0 Å². The predicted octanol–water partition coefficient (Wildman–Crippen LogP) is 2.70. The SMILES string of the molecule is CC(C)CN(C[C@@H](O)[C@H](Cc1ccccc1)NC(=O)[C@@H](N)C(C)(C)C)S(=O)(=O)c1ccc([N+](=O)[O-])cc1. The van der Waals surface area contributed by atoms with Gasteiger partial charge < -0.3 is 16.2 Å². The number of nitrogens with one attached hydrogen (secondary N) is 1. The minimum atomic E-state index is -4.09. The van der Waals surface area contributed by atoms with E-state index in [-0.39, 0.29) is 36.0 Å². The van der Waals surface area contributed by atoms with Gasteiger partial charge in [-0.25, -0.2) is 8.42 Å². The molecular weight excluding hydrogens is 496 g/mol. The van der Waals surface area contributed by atoms with Crippen LogP contribution in [0.25, 0.3) is 0 Å². The van der Waals surface area contributed by atoms with Crippen LogP contribution in [0.2, 0.25) is 0 Å². The number of nitrogens with two attached hydrogens (primary N) is 1. The van der Waals surface area contributed by atoms with Gasteiger partial charge in [0.1, 0.15) is 0 Å². The van der Waals surface area contributed by atoms with Crippen molar-refractivity contribution in [1.82, 2.24) is 9.62 Å². The first-order valence-corrected chi connectivity index (χ1v) is 13.6. The second kappa shape index (κ2) is 12.6. The van der Waals surface area contributed by atoms with E-state index in [2.05, 4.69) is 5.32 Å². The van der Waals surface area contributed by atoms with Crippen molar-refractivity contribution in [2.75, 3.05) is 13.1 Å². The van der Waals surface area contributed by atoms with E-state index < -0.39 is 44.5 Å². The summed E-state index contributed by atoms with van der Waals surface area (Å²) in [6.07, 6.45) is -1.000. The van der Waals surface area contributed by atoms with Gasteiger partial charge in [-0.2, -0.15) is 4.31 Å². The lowest BCUT2D eigenvalue weighted by Crippen LogP contribution is -2.56. The molecule has 4 N–H and O–H groups in total. The molecule has 0 saturated carbocycles. The molecular formula is C26H38N4O6S. The zero-order chi connectivity index (χ0) is 28.0.